The maximum atomic E-state index is 9.25. The number of benzene rings is 1. The second-order valence-corrected chi connectivity index (χ2v) is 5.31. The first-order valence-corrected chi connectivity index (χ1v) is 6.35. The summed E-state index contributed by atoms with van der Waals surface area (Å²) in [6, 6.07) is 5.12. The van der Waals surface area contributed by atoms with E-state index in [4.69, 9.17) is 27.7 Å². The van der Waals surface area contributed by atoms with Crippen molar-refractivity contribution >= 4 is 23.2 Å². The zero-order valence-corrected chi connectivity index (χ0v) is 10.8. The molecule has 0 aliphatic heterocycles. The molecule has 0 saturated heterocycles. The van der Waals surface area contributed by atoms with Gasteiger partial charge in [0.1, 0.15) is 0 Å². The third-order valence-electron chi connectivity index (χ3n) is 3.02. The molecule has 1 aliphatic rings. The van der Waals surface area contributed by atoms with E-state index in [0.29, 0.717) is 34.6 Å². The third-order valence-corrected chi connectivity index (χ3v) is 3.46. The summed E-state index contributed by atoms with van der Waals surface area (Å²) in [6.07, 6.45) is 1.11. The summed E-state index contributed by atoms with van der Waals surface area (Å²) in [6.45, 7) is 0. The molecule has 1 aromatic carbocycles. The van der Waals surface area contributed by atoms with E-state index in [1.807, 2.05) is 0 Å². The number of halogens is 2. The molecule has 1 N–H and O–H groups in total. The lowest BCUT2D eigenvalue weighted by Crippen LogP contribution is -2.26. The highest BCUT2D eigenvalue weighted by molar-refractivity contribution is 6.35. The number of rotatable bonds is 2. The monoisotopic (exact) mass is 284 g/mol. The van der Waals surface area contributed by atoms with Crippen molar-refractivity contribution in [1.29, 1.82) is 0 Å². The van der Waals surface area contributed by atoms with Crippen LogP contribution in [0, 0.1) is 0 Å². The molecule has 18 heavy (non-hydrogen) atoms. The maximum absolute atomic E-state index is 9.25. The molecule has 1 heterocycles. The van der Waals surface area contributed by atoms with Gasteiger partial charge in [-0.2, -0.15) is 4.98 Å². The summed E-state index contributed by atoms with van der Waals surface area (Å²) >= 11 is 11.8. The normalized spacial score (nSPS) is 22.8. The van der Waals surface area contributed by atoms with Gasteiger partial charge in [0.15, 0.2) is 0 Å². The molecule has 4 nitrogen and oxygen atoms in total. The molecule has 1 saturated carbocycles. The first kappa shape index (κ1) is 12.0. The van der Waals surface area contributed by atoms with Crippen LogP contribution in [0.4, 0.5) is 0 Å². The van der Waals surface area contributed by atoms with Crippen molar-refractivity contribution < 1.29 is 9.63 Å². The van der Waals surface area contributed by atoms with E-state index in [0.717, 1.165) is 5.56 Å². The lowest BCUT2D eigenvalue weighted by atomic mass is 9.82. The topological polar surface area (TPSA) is 59.2 Å². The van der Waals surface area contributed by atoms with Gasteiger partial charge >= 0.3 is 0 Å². The molecule has 1 aromatic heterocycles. The fourth-order valence-corrected chi connectivity index (χ4v) is 2.52. The SMILES string of the molecule is OC1CC(c2nc(-c3cc(Cl)cc(Cl)c3)no2)C1. The van der Waals surface area contributed by atoms with E-state index in [1.54, 1.807) is 18.2 Å². The molecule has 94 valence electrons. The van der Waals surface area contributed by atoms with Crippen LogP contribution in [0.3, 0.4) is 0 Å². The van der Waals surface area contributed by atoms with Gasteiger partial charge in [0.25, 0.3) is 0 Å². The van der Waals surface area contributed by atoms with Crippen LogP contribution in [0.1, 0.15) is 24.7 Å². The molecule has 0 unspecified atom stereocenters. The number of aliphatic hydroxyl groups excluding tert-OH is 1. The first-order chi connectivity index (χ1) is 8.61. The average Bonchev–Trinajstić information content (AvgIpc) is 2.72. The molecule has 1 fully saturated rings. The van der Waals surface area contributed by atoms with Gasteiger partial charge in [0.2, 0.25) is 11.7 Å². The van der Waals surface area contributed by atoms with Crippen LogP contribution in [-0.4, -0.2) is 21.4 Å². The fourth-order valence-electron chi connectivity index (χ4n) is 1.99. The number of aliphatic hydroxyl groups is 1. The molecule has 0 amide bonds. The van der Waals surface area contributed by atoms with E-state index < -0.39 is 0 Å². The Hall–Kier alpha value is -1.10. The summed E-state index contributed by atoms with van der Waals surface area (Å²) in [7, 11) is 0. The largest absolute Gasteiger partial charge is 0.393 e. The number of hydrogen-bond donors (Lipinski definition) is 1. The molecule has 3 rings (SSSR count). The van der Waals surface area contributed by atoms with E-state index >= 15 is 0 Å². The molecule has 0 radical (unpaired) electrons. The Bertz CT molecular complexity index is 559. The predicted molar refractivity (Wildman–Crippen MR) is 67.7 cm³/mol. The summed E-state index contributed by atoms with van der Waals surface area (Å²) in [4.78, 5) is 4.31. The lowest BCUT2D eigenvalue weighted by Gasteiger charge is -2.27. The Kier molecular flexibility index (Phi) is 3.01. The van der Waals surface area contributed by atoms with Gasteiger partial charge < -0.3 is 9.63 Å². The number of aromatic nitrogens is 2. The van der Waals surface area contributed by atoms with Crippen molar-refractivity contribution in [1.82, 2.24) is 10.1 Å². The van der Waals surface area contributed by atoms with E-state index in [1.165, 1.54) is 0 Å². The molecule has 6 heteroatoms. The zero-order valence-electron chi connectivity index (χ0n) is 9.31. The van der Waals surface area contributed by atoms with E-state index in [-0.39, 0.29) is 12.0 Å². The van der Waals surface area contributed by atoms with Crippen molar-refractivity contribution in [2.75, 3.05) is 0 Å². The van der Waals surface area contributed by atoms with E-state index in [9.17, 15) is 5.11 Å². The summed E-state index contributed by atoms with van der Waals surface area (Å²) < 4.78 is 5.19. The minimum absolute atomic E-state index is 0.163. The maximum Gasteiger partial charge on any atom is 0.230 e. The standard InChI is InChI=1S/C12H10Cl2N2O2/c13-8-1-6(2-9(14)5-8)11-15-12(18-16-11)7-3-10(17)4-7/h1-2,5,7,10,17H,3-4H2. The Balaban J connectivity index is 1.88. The van der Waals surface area contributed by atoms with Crippen LogP contribution in [-0.2, 0) is 0 Å². The Morgan fingerprint density at radius 1 is 1.17 bits per heavy atom. The van der Waals surface area contributed by atoms with Crippen LogP contribution in [0.25, 0.3) is 11.4 Å². The van der Waals surface area contributed by atoms with Crippen molar-refractivity contribution in [2.24, 2.45) is 0 Å². The van der Waals surface area contributed by atoms with Gasteiger partial charge in [-0.25, -0.2) is 0 Å². The van der Waals surface area contributed by atoms with Crippen molar-refractivity contribution in [3.05, 3.63) is 34.1 Å². The van der Waals surface area contributed by atoms with Gasteiger partial charge in [0.05, 0.1) is 6.10 Å². The van der Waals surface area contributed by atoms with Gasteiger partial charge in [-0.1, -0.05) is 28.4 Å². The van der Waals surface area contributed by atoms with Gasteiger partial charge in [-0.3, -0.25) is 0 Å². The highest BCUT2D eigenvalue weighted by Gasteiger charge is 2.33. The molecule has 0 spiro atoms. The minimum Gasteiger partial charge on any atom is -0.393 e. The zero-order chi connectivity index (χ0) is 12.7. The molecule has 0 bridgehead atoms. The highest BCUT2D eigenvalue weighted by Crippen LogP contribution is 2.36. The Morgan fingerprint density at radius 3 is 2.44 bits per heavy atom. The second kappa shape index (κ2) is 4.53. The summed E-state index contributed by atoms with van der Waals surface area (Å²) in [5, 5.41) is 14.2. The Labute approximate surface area is 114 Å². The van der Waals surface area contributed by atoms with Crippen molar-refractivity contribution in [2.45, 2.75) is 24.9 Å². The van der Waals surface area contributed by atoms with Crippen LogP contribution in [0.5, 0.6) is 0 Å². The van der Waals surface area contributed by atoms with Gasteiger partial charge in [-0.15, -0.1) is 0 Å². The van der Waals surface area contributed by atoms with Crippen LogP contribution in [0.15, 0.2) is 22.7 Å². The predicted octanol–water partition coefficient (Wildman–Crippen LogP) is 3.28. The lowest BCUT2D eigenvalue weighted by molar-refractivity contribution is 0.0625. The van der Waals surface area contributed by atoms with Gasteiger partial charge in [-0.05, 0) is 31.0 Å². The average molecular weight is 285 g/mol. The van der Waals surface area contributed by atoms with Crippen LogP contribution >= 0.6 is 23.2 Å². The molecular formula is C12H10Cl2N2O2. The first-order valence-electron chi connectivity index (χ1n) is 5.60. The van der Waals surface area contributed by atoms with Gasteiger partial charge in [0, 0.05) is 21.5 Å². The molecular weight excluding hydrogens is 275 g/mol. The fraction of sp³-hybridized carbons (Fsp3) is 0.333. The minimum atomic E-state index is -0.244. The summed E-state index contributed by atoms with van der Waals surface area (Å²) in [5.41, 5.74) is 0.724. The smallest absolute Gasteiger partial charge is 0.230 e. The van der Waals surface area contributed by atoms with E-state index in [2.05, 4.69) is 10.1 Å². The molecule has 2 aromatic rings. The Morgan fingerprint density at radius 2 is 1.83 bits per heavy atom. The third kappa shape index (κ3) is 2.23. The number of nitrogens with zero attached hydrogens (tertiary/aromatic N) is 2. The molecule has 0 atom stereocenters. The van der Waals surface area contributed by atoms with Crippen LogP contribution in [0.2, 0.25) is 10.0 Å². The second-order valence-electron chi connectivity index (χ2n) is 4.44. The highest BCUT2D eigenvalue weighted by atomic mass is 35.5. The van der Waals surface area contributed by atoms with Crippen LogP contribution < -0.4 is 0 Å². The quantitative estimate of drug-likeness (QED) is 0.919. The number of hydrogen-bond acceptors (Lipinski definition) is 4. The summed E-state index contributed by atoms with van der Waals surface area (Å²) in [5.74, 6) is 1.19. The van der Waals surface area contributed by atoms with Crippen molar-refractivity contribution in [3.63, 3.8) is 0 Å². The molecule has 1 aliphatic carbocycles. The van der Waals surface area contributed by atoms with Crippen molar-refractivity contribution in [3.8, 4) is 11.4 Å².